The molecule has 0 unspecified atom stereocenters. The maximum atomic E-state index is 12.7. The quantitative estimate of drug-likeness (QED) is 0.647. The van der Waals surface area contributed by atoms with E-state index in [1.807, 2.05) is 6.07 Å². The standard InChI is InChI=1S/C22H27N3O6S/c1-30-19-8-3-15(13-20(19)31-2)14-21(26)25-11-9-16(10-12-25)22(27)24-17-4-6-18(7-5-17)32(23,28)29/h3-8,13,16H,9-12,14H2,1-2H3,(H,24,27)(H2,23,28,29). The molecular formula is C22H27N3O6S. The Morgan fingerprint density at radius 3 is 2.22 bits per heavy atom. The number of rotatable bonds is 7. The molecule has 9 nitrogen and oxygen atoms in total. The predicted octanol–water partition coefficient (Wildman–Crippen LogP) is 1.77. The molecule has 1 aliphatic heterocycles. The van der Waals surface area contributed by atoms with Crippen LogP contribution >= 0.6 is 0 Å². The number of primary sulfonamides is 1. The van der Waals surface area contributed by atoms with E-state index in [4.69, 9.17) is 14.6 Å². The normalized spacial score (nSPS) is 14.7. The first-order valence-corrected chi connectivity index (χ1v) is 11.7. The lowest BCUT2D eigenvalue weighted by Crippen LogP contribution is -2.42. The average molecular weight is 462 g/mol. The summed E-state index contributed by atoms with van der Waals surface area (Å²) in [6.07, 6.45) is 1.35. The van der Waals surface area contributed by atoms with Crippen molar-refractivity contribution in [2.75, 3.05) is 32.6 Å². The number of sulfonamides is 1. The summed E-state index contributed by atoms with van der Waals surface area (Å²) >= 11 is 0. The van der Waals surface area contributed by atoms with Crippen LogP contribution in [-0.2, 0) is 26.0 Å². The van der Waals surface area contributed by atoms with E-state index in [0.717, 1.165) is 5.56 Å². The van der Waals surface area contributed by atoms with Crippen LogP contribution in [0.4, 0.5) is 5.69 Å². The molecule has 1 fully saturated rings. The molecule has 32 heavy (non-hydrogen) atoms. The molecule has 10 heteroatoms. The van der Waals surface area contributed by atoms with Crippen LogP contribution in [0.1, 0.15) is 18.4 Å². The van der Waals surface area contributed by atoms with Gasteiger partial charge in [0.15, 0.2) is 11.5 Å². The van der Waals surface area contributed by atoms with Gasteiger partial charge in [0, 0.05) is 24.7 Å². The molecule has 0 atom stereocenters. The molecule has 2 amide bonds. The molecule has 0 spiro atoms. The molecule has 0 saturated carbocycles. The zero-order valence-electron chi connectivity index (χ0n) is 18.0. The second kappa shape index (κ2) is 10.0. The highest BCUT2D eigenvalue weighted by Gasteiger charge is 2.27. The molecule has 1 heterocycles. The van der Waals surface area contributed by atoms with E-state index >= 15 is 0 Å². The number of anilines is 1. The van der Waals surface area contributed by atoms with Crippen LogP contribution < -0.4 is 19.9 Å². The van der Waals surface area contributed by atoms with Crippen LogP contribution in [0.15, 0.2) is 47.4 Å². The second-order valence-electron chi connectivity index (χ2n) is 7.58. The Hall–Kier alpha value is -3.11. The Morgan fingerprint density at radius 2 is 1.66 bits per heavy atom. The van der Waals surface area contributed by atoms with Gasteiger partial charge in [0.25, 0.3) is 0 Å². The largest absolute Gasteiger partial charge is 0.493 e. The number of ether oxygens (including phenoxy) is 2. The van der Waals surface area contributed by atoms with E-state index in [-0.39, 0.29) is 29.0 Å². The molecule has 3 N–H and O–H groups in total. The lowest BCUT2D eigenvalue weighted by molar-refractivity contribution is -0.133. The van der Waals surface area contributed by atoms with E-state index in [1.165, 1.54) is 24.3 Å². The minimum absolute atomic E-state index is 0.00494. The maximum Gasteiger partial charge on any atom is 0.238 e. The number of nitrogens with one attached hydrogen (secondary N) is 1. The summed E-state index contributed by atoms with van der Waals surface area (Å²) in [5.41, 5.74) is 1.32. The molecule has 3 rings (SSSR count). The van der Waals surface area contributed by atoms with Crippen molar-refractivity contribution in [3.63, 3.8) is 0 Å². The molecule has 1 aliphatic rings. The molecule has 1 saturated heterocycles. The zero-order valence-corrected chi connectivity index (χ0v) is 18.9. The smallest absolute Gasteiger partial charge is 0.238 e. The highest BCUT2D eigenvalue weighted by molar-refractivity contribution is 7.89. The van der Waals surface area contributed by atoms with E-state index in [1.54, 1.807) is 31.3 Å². The van der Waals surface area contributed by atoms with Crippen LogP contribution in [0.2, 0.25) is 0 Å². The molecule has 2 aromatic carbocycles. The molecular weight excluding hydrogens is 434 g/mol. The van der Waals surface area contributed by atoms with Gasteiger partial charge in [-0.1, -0.05) is 6.07 Å². The topological polar surface area (TPSA) is 128 Å². The van der Waals surface area contributed by atoms with Gasteiger partial charge in [-0.2, -0.15) is 0 Å². The number of benzene rings is 2. The van der Waals surface area contributed by atoms with Gasteiger partial charge in [-0.05, 0) is 54.8 Å². The van der Waals surface area contributed by atoms with Crippen LogP contribution in [0.25, 0.3) is 0 Å². The van der Waals surface area contributed by atoms with Crippen LogP contribution in [0.3, 0.4) is 0 Å². The molecule has 2 aromatic rings. The fraction of sp³-hybridized carbons (Fsp3) is 0.364. The van der Waals surface area contributed by atoms with E-state index < -0.39 is 10.0 Å². The summed E-state index contributed by atoms with van der Waals surface area (Å²) in [4.78, 5) is 27.0. The van der Waals surface area contributed by atoms with Gasteiger partial charge in [-0.15, -0.1) is 0 Å². The van der Waals surface area contributed by atoms with Crippen molar-refractivity contribution in [2.45, 2.75) is 24.2 Å². The Labute approximate surface area is 187 Å². The predicted molar refractivity (Wildman–Crippen MR) is 119 cm³/mol. The number of nitrogens with zero attached hydrogens (tertiary/aromatic N) is 1. The first-order chi connectivity index (χ1) is 15.2. The van der Waals surface area contributed by atoms with Gasteiger partial charge in [-0.25, -0.2) is 13.6 Å². The number of piperidine rings is 1. The fourth-order valence-corrected chi connectivity index (χ4v) is 4.16. The van der Waals surface area contributed by atoms with Gasteiger partial charge in [-0.3, -0.25) is 9.59 Å². The van der Waals surface area contributed by atoms with Crippen molar-refractivity contribution in [1.29, 1.82) is 0 Å². The van der Waals surface area contributed by atoms with Crippen LogP contribution in [-0.4, -0.2) is 52.4 Å². The fourth-order valence-electron chi connectivity index (χ4n) is 3.64. The van der Waals surface area contributed by atoms with Gasteiger partial charge in [0.2, 0.25) is 21.8 Å². The first kappa shape index (κ1) is 23.6. The number of methoxy groups -OCH3 is 2. The van der Waals surface area contributed by atoms with E-state index in [2.05, 4.69) is 5.32 Å². The zero-order chi connectivity index (χ0) is 23.3. The van der Waals surface area contributed by atoms with Gasteiger partial charge in [0.05, 0.1) is 25.5 Å². The number of carbonyl (C=O) groups is 2. The Kier molecular flexibility index (Phi) is 7.37. The third kappa shape index (κ3) is 5.77. The summed E-state index contributed by atoms with van der Waals surface area (Å²) in [6, 6.07) is 11.1. The molecule has 0 bridgehead atoms. The Bertz CT molecular complexity index is 1080. The van der Waals surface area contributed by atoms with E-state index in [0.29, 0.717) is 43.1 Å². The van der Waals surface area contributed by atoms with Crippen LogP contribution in [0.5, 0.6) is 11.5 Å². The Morgan fingerprint density at radius 1 is 1.03 bits per heavy atom. The number of likely N-dealkylation sites (tertiary alicyclic amines) is 1. The summed E-state index contributed by atoms with van der Waals surface area (Å²) in [6.45, 7) is 0.989. The van der Waals surface area contributed by atoms with Crippen molar-refractivity contribution in [1.82, 2.24) is 4.90 Å². The number of amides is 2. The first-order valence-electron chi connectivity index (χ1n) is 10.1. The van der Waals surface area contributed by atoms with E-state index in [9.17, 15) is 18.0 Å². The maximum absolute atomic E-state index is 12.7. The third-order valence-corrected chi connectivity index (χ3v) is 6.40. The van der Waals surface area contributed by atoms with Gasteiger partial charge >= 0.3 is 0 Å². The average Bonchev–Trinajstić information content (AvgIpc) is 2.78. The lowest BCUT2D eigenvalue weighted by Gasteiger charge is -2.31. The van der Waals surface area contributed by atoms with Crippen molar-refractivity contribution in [2.24, 2.45) is 11.1 Å². The molecule has 0 radical (unpaired) electrons. The highest BCUT2D eigenvalue weighted by atomic mass is 32.2. The minimum atomic E-state index is -3.78. The lowest BCUT2D eigenvalue weighted by atomic mass is 9.95. The van der Waals surface area contributed by atoms with Crippen molar-refractivity contribution in [3.8, 4) is 11.5 Å². The van der Waals surface area contributed by atoms with Crippen LogP contribution in [0, 0.1) is 5.92 Å². The van der Waals surface area contributed by atoms with Gasteiger partial charge in [0.1, 0.15) is 0 Å². The highest BCUT2D eigenvalue weighted by Crippen LogP contribution is 2.28. The molecule has 172 valence electrons. The number of hydrogen-bond acceptors (Lipinski definition) is 6. The monoisotopic (exact) mass is 461 g/mol. The summed E-state index contributed by atoms with van der Waals surface area (Å²) < 4.78 is 33.1. The van der Waals surface area contributed by atoms with Gasteiger partial charge < -0.3 is 19.7 Å². The number of nitrogens with two attached hydrogens (primary N) is 1. The summed E-state index contributed by atoms with van der Waals surface area (Å²) in [5.74, 6) is 0.799. The summed E-state index contributed by atoms with van der Waals surface area (Å²) in [5, 5.41) is 7.87. The Balaban J connectivity index is 1.52. The second-order valence-corrected chi connectivity index (χ2v) is 9.14. The third-order valence-electron chi connectivity index (χ3n) is 5.47. The number of hydrogen-bond donors (Lipinski definition) is 2. The molecule has 0 aliphatic carbocycles. The SMILES string of the molecule is COc1ccc(CC(=O)N2CCC(C(=O)Nc3ccc(S(N)(=O)=O)cc3)CC2)cc1OC. The number of carbonyl (C=O) groups excluding carboxylic acids is 2. The van der Waals surface area contributed by atoms with Crippen molar-refractivity contribution in [3.05, 3.63) is 48.0 Å². The summed E-state index contributed by atoms with van der Waals surface area (Å²) in [7, 11) is -0.669. The minimum Gasteiger partial charge on any atom is -0.493 e. The van der Waals surface area contributed by atoms with Crippen molar-refractivity contribution < 1.29 is 27.5 Å². The molecule has 0 aromatic heterocycles. The van der Waals surface area contributed by atoms with Crippen molar-refractivity contribution >= 4 is 27.5 Å².